The Morgan fingerprint density at radius 2 is 1.93 bits per heavy atom. The van der Waals surface area contributed by atoms with Crippen LogP contribution in [0.4, 0.5) is 4.39 Å². The van der Waals surface area contributed by atoms with Gasteiger partial charge in [0.1, 0.15) is 11.4 Å². The van der Waals surface area contributed by atoms with E-state index in [4.69, 9.17) is 27.9 Å². The van der Waals surface area contributed by atoms with Crippen LogP contribution in [0.15, 0.2) is 42.5 Å². The molecule has 2 fully saturated rings. The first-order valence-electron chi connectivity index (χ1n) is 9.72. The number of halogens is 3. The molecule has 2 saturated heterocycles. The summed E-state index contributed by atoms with van der Waals surface area (Å²) < 4.78 is 20.9. The molecule has 2 unspecified atom stereocenters. The van der Waals surface area contributed by atoms with Gasteiger partial charge in [-0.15, -0.1) is 0 Å². The highest BCUT2D eigenvalue weighted by molar-refractivity contribution is 6.35. The average Bonchev–Trinajstić information content (AvgIpc) is 2.73. The molecule has 1 amide bonds. The van der Waals surface area contributed by atoms with E-state index in [1.54, 1.807) is 42.5 Å². The van der Waals surface area contributed by atoms with E-state index < -0.39 is 5.67 Å². The quantitative estimate of drug-likeness (QED) is 0.693. The van der Waals surface area contributed by atoms with Crippen molar-refractivity contribution < 1.29 is 13.9 Å². The van der Waals surface area contributed by atoms with Gasteiger partial charge in [0.05, 0.1) is 17.7 Å². The number of amides is 1. The maximum atomic E-state index is 15.7. The summed E-state index contributed by atoms with van der Waals surface area (Å²) in [5.74, 6) is 0.377. The molecule has 4 nitrogen and oxygen atoms in total. The number of carbonyl (C=O) groups is 1. The van der Waals surface area contributed by atoms with Crippen LogP contribution in [-0.2, 0) is 5.67 Å². The van der Waals surface area contributed by atoms with Gasteiger partial charge in [-0.3, -0.25) is 9.69 Å². The van der Waals surface area contributed by atoms with E-state index in [0.29, 0.717) is 65.9 Å². The standard InChI is InChI=1S/C22H23Cl2FN2O2/c1-29-19-4-2-3-18(20(19)24)21(28)26-11-12-27-14-22(25,10-9-17(27)13-26)15-5-7-16(23)8-6-15/h2-8,17H,9-14H2,1H3. The Hall–Kier alpha value is -1.82. The van der Waals surface area contributed by atoms with Crippen LogP contribution in [0, 0.1) is 0 Å². The molecule has 7 heteroatoms. The minimum absolute atomic E-state index is 0.108. The highest BCUT2D eigenvalue weighted by Gasteiger charge is 2.43. The predicted octanol–water partition coefficient (Wildman–Crippen LogP) is 4.79. The number of fused-ring (bicyclic) bond motifs is 1. The van der Waals surface area contributed by atoms with E-state index in [1.165, 1.54) is 7.11 Å². The molecule has 0 N–H and O–H groups in total. The van der Waals surface area contributed by atoms with E-state index in [2.05, 4.69) is 4.90 Å². The summed E-state index contributed by atoms with van der Waals surface area (Å²) in [6, 6.07) is 12.4. The largest absolute Gasteiger partial charge is 0.495 e. The van der Waals surface area contributed by atoms with Crippen molar-refractivity contribution in [3.05, 3.63) is 63.6 Å². The summed E-state index contributed by atoms with van der Waals surface area (Å²) in [5, 5.41) is 0.936. The molecule has 2 aliphatic rings. The lowest BCUT2D eigenvalue weighted by Crippen LogP contribution is -2.60. The van der Waals surface area contributed by atoms with Crippen LogP contribution in [-0.4, -0.2) is 55.0 Å². The monoisotopic (exact) mass is 436 g/mol. The van der Waals surface area contributed by atoms with Gasteiger partial charge < -0.3 is 9.64 Å². The van der Waals surface area contributed by atoms with Crippen molar-refractivity contribution in [2.45, 2.75) is 24.6 Å². The molecule has 4 rings (SSSR count). The third-order valence-corrected chi connectivity index (χ3v) is 6.64. The van der Waals surface area contributed by atoms with Crippen molar-refractivity contribution >= 4 is 29.1 Å². The fourth-order valence-corrected chi connectivity index (χ4v) is 4.75. The summed E-state index contributed by atoms with van der Waals surface area (Å²) in [6.45, 7) is 2.08. The Morgan fingerprint density at radius 3 is 2.66 bits per heavy atom. The number of piperazine rings is 1. The fourth-order valence-electron chi connectivity index (χ4n) is 4.34. The molecule has 0 spiro atoms. The van der Waals surface area contributed by atoms with Gasteiger partial charge in [0, 0.05) is 37.2 Å². The smallest absolute Gasteiger partial charge is 0.255 e. The molecule has 29 heavy (non-hydrogen) atoms. The summed E-state index contributed by atoms with van der Waals surface area (Å²) in [7, 11) is 1.53. The average molecular weight is 437 g/mol. The number of benzene rings is 2. The van der Waals surface area contributed by atoms with E-state index in [9.17, 15) is 4.79 Å². The Kier molecular flexibility index (Phi) is 5.74. The number of piperidine rings is 1. The minimum atomic E-state index is -1.39. The molecule has 2 aliphatic heterocycles. The second kappa shape index (κ2) is 8.13. The predicted molar refractivity (Wildman–Crippen MR) is 113 cm³/mol. The van der Waals surface area contributed by atoms with Gasteiger partial charge in [0.2, 0.25) is 0 Å². The first kappa shape index (κ1) is 20.5. The van der Waals surface area contributed by atoms with E-state index in [1.807, 2.05) is 4.90 Å². The van der Waals surface area contributed by atoms with E-state index in [0.717, 1.165) is 0 Å². The highest BCUT2D eigenvalue weighted by Crippen LogP contribution is 2.39. The molecule has 2 aromatic rings. The molecule has 0 bridgehead atoms. The Morgan fingerprint density at radius 1 is 1.17 bits per heavy atom. The number of nitrogens with zero attached hydrogens (tertiary/aromatic N) is 2. The van der Waals surface area contributed by atoms with Gasteiger partial charge in [-0.25, -0.2) is 4.39 Å². The Bertz CT molecular complexity index is 908. The van der Waals surface area contributed by atoms with Gasteiger partial charge in [0.15, 0.2) is 0 Å². The maximum absolute atomic E-state index is 15.7. The second-order valence-electron chi connectivity index (χ2n) is 7.71. The van der Waals surface area contributed by atoms with Crippen LogP contribution >= 0.6 is 23.2 Å². The second-order valence-corrected chi connectivity index (χ2v) is 8.52. The Labute approximate surface area is 180 Å². The van der Waals surface area contributed by atoms with Crippen molar-refractivity contribution in [2.24, 2.45) is 0 Å². The number of rotatable bonds is 3. The number of hydrogen-bond acceptors (Lipinski definition) is 3. The first-order chi connectivity index (χ1) is 13.9. The molecule has 0 aliphatic carbocycles. The zero-order valence-electron chi connectivity index (χ0n) is 16.2. The lowest BCUT2D eigenvalue weighted by atomic mass is 9.83. The van der Waals surface area contributed by atoms with Crippen molar-refractivity contribution in [3.63, 3.8) is 0 Å². The summed E-state index contributed by atoms with van der Waals surface area (Å²) in [5.41, 5.74) is -0.276. The van der Waals surface area contributed by atoms with Gasteiger partial charge in [0.25, 0.3) is 5.91 Å². The summed E-state index contributed by atoms with van der Waals surface area (Å²) >= 11 is 12.3. The molecular formula is C22H23Cl2FN2O2. The zero-order valence-corrected chi connectivity index (χ0v) is 17.7. The number of hydrogen-bond donors (Lipinski definition) is 0. The fraction of sp³-hybridized carbons (Fsp3) is 0.409. The third kappa shape index (κ3) is 3.96. The maximum Gasteiger partial charge on any atom is 0.255 e. The van der Waals surface area contributed by atoms with Crippen molar-refractivity contribution in [3.8, 4) is 5.75 Å². The van der Waals surface area contributed by atoms with Gasteiger partial charge in [-0.05, 0) is 42.7 Å². The van der Waals surface area contributed by atoms with Gasteiger partial charge in [-0.2, -0.15) is 0 Å². The lowest BCUT2D eigenvalue weighted by Gasteiger charge is -2.48. The van der Waals surface area contributed by atoms with Gasteiger partial charge in [-0.1, -0.05) is 41.4 Å². The molecule has 2 aromatic carbocycles. The van der Waals surface area contributed by atoms with Crippen LogP contribution in [0.1, 0.15) is 28.8 Å². The molecule has 2 heterocycles. The Balaban J connectivity index is 1.46. The molecule has 0 radical (unpaired) electrons. The normalized spacial score (nSPS) is 24.8. The van der Waals surface area contributed by atoms with E-state index in [-0.39, 0.29) is 11.9 Å². The number of alkyl halides is 1. The molecule has 0 saturated carbocycles. The van der Waals surface area contributed by atoms with Crippen LogP contribution in [0.25, 0.3) is 0 Å². The SMILES string of the molecule is COc1cccc(C(=O)N2CCN3CC(F)(c4ccc(Cl)cc4)CCC3C2)c1Cl. The molecular weight excluding hydrogens is 414 g/mol. The molecule has 0 aromatic heterocycles. The van der Waals surface area contributed by atoms with Crippen LogP contribution in [0.5, 0.6) is 5.75 Å². The van der Waals surface area contributed by atoms with Crippen molar-refractivity contribution in [1.29, 1.82) is 0 Å². The van der Waals surface area contributed by atoms with Crippen LogP contribution < -0.4 is 4.74 Å². The molecule has 2 atom stereocenters. The summed E-state index contributed by atoms with van der Waals surface area (Å²) in [4.78, 5) is 17.0. The van der Waals surface area contributed by atoms with Gasteiger partial charge >= 0.3 is 0 Å². The zero-order chi connectivity index (χ0) is 20.6. The third-order valence-electron chi connectivity index (χ3n) is 5.99. The number of methoxy groups -OCH3 is 1. The summed E-state index contributed by atoms with van der Waals surface area (Å²) in [6.07, 6.45) is 1.12. The lowest BCUT2D eigenvalue weighted by molar-refractivity contribution is -0.0258. The first-order valence-corrected chi connectivity index (χ1v) is 10.5. The topological polar surface area (TPSA) is 32.8 Å². The highest BCUT2D eigenvalue weighted by atomic mass is 35.5. The van der Waals surface area contributed by atoms with E-state index >= 15 is 4.39 Å². The number of ether oxygens (including phenoxy) is 1. The van der Waals surface area contributed by atoms with Crippen LogP contribution in [0.2, 0.25) is 10.0 Å². The number of carbonyl (C=O) groups excluding carboxylic acids is 1. The van der Waals surface area contributed by atoms with Crippen LogP contribution in [0.3, 0.4) is 0 Å². The van der Waals surface area contributed by atoms with Crippen molar-refractivity contribution in [1.82, 2.24) is 9.80 Å². The molecule has 154 valence electrons. The van der Waals surface area contributed by atoms with Crippen molar-refractivity contribution in [2.75, 3.05) is 33.3 Å². The minimum Gasteiger partial charge on any atom is -0.495 e.